The fourth-order valence-corrected chi connectivity index (χ4v) is 3.77. The number of benzene rings is 2. The van der Waals surface area contributed by atoms with Crippen molar-refractivity contribution in [2.24, 2.45) is 0 Å². The molecule has 178 valence electrons. The van der Waals surface area contributed by atoms with Crippen LogP contribution in [0.2, 0.25) is 0 Å². The second-order valence-corrected chi connectivity index (χ2v) is 8.17. The van der Waals surface area contributed by atoms with Gasteiger partial charge >= 0.3 is 6.18 Å². The molecule has 0 aliphatic rings. The minimum atomic E-state index is -4.98. The van der Waals surface area contributed by atoms with Crippen molar-refractivity contribution in [3.63, 3.8) is 0 Å². The first-order valence-electron chi connectivity index (χ1n) is 10.9. The Morgan fingerprint density at radius 3 is 2.33 bits per heavy atom. The fraction of sp³-hybridized carbons (Fsp3) is 0.400. The minimum Gasteiger partial charge on any atom is -0.507 e. The molecule has 0 aliphatic carbocycles. The molecule has 0 unspecified atom stereocenters. The molecule has 0 aliphatic heterocycles. The number of alkyl halides is 3. The van der Waals surface area contributed by atoms with Crippen LogP contribution in [0.25, 0.3) is 11.0 Å². The highest BCUT2D eigenvalue weighted by Gasteiger charge is 2.41. The molecule has 2 aromatic carbocycles. The monoisotopic (exact) mass is 463 g/mol. The van der Waals surface area contributed by atoms with Crippen LogP contribution in [0.1, 0.15) is 49.1 Å². The molecule has 3 aromatic rings. The van der Waals surface area contributed by atoms with Gasteiger partial charge in [-0.2, -0.15) is 13.2 Å². The van der Waals surface area contributed by atoms with Gasteiger partial charge in [0.25, 0.3) is 5.76 Å². The van der Waals surface area contributed by atoms with E-state index in [1.165, 1.54) is 12.1 Å². The summed E-state index contributed by atoms with van der Waals surface area (Å²) in [5.74, 6) is -2.52. The molecule has 0 radical (unpaired) electrons. The smallest absolute Gasteiger partial charge is 0.453 e. The van der Waals surface area contributed by atoms with Crippen molar-refractivity contribution in [2.45, 2.75) is 53.3 Å². The second kappa shape index (κ2) is 9.87. The van der Waals surface area contributed by atoms with Crippen molar-refractivity contribution in [3.05, 3.63) is 63.0 Å². The van der Waals surface area contributed by atoms with Crippen LogP contribution in [0.3, 0.4) is 0 Å². The van der Waals surface area contributed by atoms with E-state index in [9.17, 15) is 23.1 Å². The summed E-state index contributed by atoms with van der Waals surface area (Å²) in [6.45, 7) is 8.96. The summed E-state index contributed by atoms with van der Waals surface area (Å²) < 4.78 is 52.8. The quantitative estimate of drug-likeness (QED) is 0.411. The summed E-state index contributed by atoms with van der Waals surface area (Å²) in [7, 11) is 0. The number of phenolic OH excluding ortho intramolecular Hbond substituents is 1. The van der Waals surface area contributed by atoms with Crippen molar-refractivity contribution in [3.8, 4) is 17.2 Å². The number of halogens is 3. The van der Waals surface area contributed by atoms with E-state index < -0.39 is 23.1 Å². The van der Waals surface area contributed by atoms with E-state index in [2.05, 4.69) is 0 Å². The second-order valence-electron chi connectivity index (χ2n) is 8.17. The Morgan fingerprint density at radius 2 is 1.73 bits per heavy atom. The zero-order valence-corrected chi connectivity index (χ0v) is 19.2. The van der Waals surface area contributed by atoms with E-state index in [0.717, 1.165) is 18.4 Å². The minimum absolute atomic E-state index is 0.0796. The highest BCUT2D eigenvalue weighted by atomic mass is 19.4. The lowest BCUT2D eigenvalue weighted by Gasteiger charge is -2.22. The third-order valence-corrected chi connectivity index (χ3v) is 5.37. The van der Waals surface area contributed by atoms with Gasteiger partial charge in [0.05, 0.1) is 10.9 Å². The number of ether oxygens (including phenoxy) is 1. The molecule has 0 amide bonds. The molecule has 5 nitrogen and oxygen atoms in total. The largest absolute Gasteiger partial charge is 0.507 e. The average Bonchev–Trinajstić information content (AvgIpc) is 2.73. The summed E-state index contributed by atoms with van der Waals surface area (Å²) in [5, 5.41) is 10.4. The van der Waals surface area contributed by atoms with E-state index in [1.54, 1.807) is 32.0 Å². The molecular formula is C25H28F3NO4. The maximum atomic E-state index is 14.0. The number of nitrogens with zero attached hydrogens (tertiary/aromatic N) is 1. The lowest BCUT2D eigenvalue weighted by atomic mass is 10.1. The first kappa shape index (κ1) is 24.6. The Balaban J connectivity index is 2.24. The molecule has 0 saturated heterocycles. The number of phenols is 1. The Hall–Kier alpha value is -3.00. The Kier molecular flexibility index (Phi) is 7.37. The number of fused-ring (bicyclic) bond motifs is 1. The topological polar surface area (TPSA) is 62.9 Å². The van der Waals surface area contributed by atoms with Crippen molar-refractivity contribution in [2.75, 3.05) is 13.1 Å². The van der Waals surface area contributed by atoms with E-state index in [-0.39, 0.29) is 34.6 Å². The van der Waals surface area contributed by atoms with E-state index >= 15 is 0 Å². The van der Waals surface area contributed by atoms with Gasteiger partial charge in [0.2, 0.25) is 11.2 Å². The average molecular weight is 463 g/mol. The van der Waals surface area contributed by atoms with Crippen molar-refractivity contribution in [1.82, 2.24) is 4.90 Å². The lowest BCUT2D eigenvalue weighted by molar-refractivity contribution is -0.154. The SMILES string of the molecule is CCCN(CCC)Cc1c(O)ccc2c(=O)c(Oc3cc(C)ccc3C)c(C(F)(F)F)oc12. The molecule has 0 saturated carbocycles. The highest BCUT2D eigenvalue weighted by molar-refractivity contribution is 5.83. The van der Waals surface area contributed by atoms with Gasteiger partial charge in [-0.1, -0.05) is 26.0 Å². The lowest BCUT2D eigenvalue weighted by Crippen LogP contribution is -2.25. The van der Waals surface area contributed by atoms with Crippen LogP contribution in [0, 0.1) is 13.8 Å². The van der Waals surface area contributed by atoms with Gasteiger partial charge in [-0.05, 0) is 69.1 Å². The molecule has 0 atom stereocenters. The molecule has 8 heteroatoms. The number of rotatable bonds is 8. The molecule has 33 heavy (non-hydrogen) atoms. The summed E-state index contributed by atoms with van der Waals surface area (Å²) in [6, 6.07) is 7.63. The molecule has 1 aromatic heterocycles. The molecule has 3 rings (SSSR count). The first-order valence-corrected chi connectivity index (χ1v) is 10.9. The van der Waals surface area contributed by atoms with Gasteiger partial charge in [0.1, 0.15) is 17.1 Å². The van der Waals surface area contributed by atoms with Gasteiger partial charge in [0, 0.05) is 6.54 Å². The van der Waals surface area contributed by atoms with Gasteiger partial charge in [-0.25, -0.2) is 0 Å². The third-order valence-electron chi connectivity index (χ3n) is 5.37. The Labute approximate surface area is 190 Å². The van der Waals surface area contributed by atoms with Crippen LogP contribution >= 0.6 is 0 Å². The predicted molar refractivity (Wildman–Crippen MR) is 121 cm³/mol. The van der Waals surface area contributed by atoms with Gasteiger partial charge in [-0.3, -0.25) is 9.69 Å². The standard InChI is InChI=1S/C25H28F3NO4/c1-5-11-29(12-6-2)14-18-19(30)10-9-17-21(31)23(24(25(26,27)28)33-22(17)18)32-20-13-15(3)7-8-16(20)4/h7-10,13,30H,5-6,11-12,14H2,1-4H3. The maximum Gasteiger partial charge on any atom is 0.453 e. The molecule has 1 N–H and O–H groups in total. The zero-order chi connectivity index (χ0) is 24.3. The van der Waals surface area contributed by atoms with Crippen LogP contribution in [0.4, 0.5) is 13.2 Å². The van der Waals surface area contributed by atoms with Crippen molar-refractivity contribution in [1.29, 1.82) is 0 Å². The van der Waals surface area contributed by atoms with Gasteiger partial charge < -0.3 is 14.3 Å². The third kappa shape index (κ3) is 5.33. The zero-order valence-electron chi connectivity index (χ0n) is 19.2. The summed E-state index contributed by atoms with van der Waals surface area (Å²) >= 11 is 0. The van der Waals surface area contributed by atoms with Crippen LogP contribution in [0.5, 0.6) is 17.2 Å². The predicted octanol–water partition coefficient (Wildman–Crippen LogP) is 6.55. The summed E-state index contributed by atoms with van der Waals surface area (Å²) in [5.41, 5.74) is 0.277. The number of aryl methyl sites for hydroxylation is 2. The van der Waals surface area contributed by atoms with Crippen molar-refractivity contribution >= 4 is 11.0 Å². The number of hydrogen-bond donors (Lipinski definition) is 1. The van der Waals surface area contributed by atoms with Crippen LogP contribution in [-0.4, -0.2) is 23.1 Å². The van der Waals surface area contributed by atoms with Crippen LogP contribution < -0.4 is 10.2 Å². The molecule has 0 bridgehead atoms. The van der Waals surface area contributed by atoms with E-state index in [4.69, 9.17) is 9.15 Å². The number of hydrogen-bond acceptors (Lipinski definition) is 5. The van der Waals surface area contributed by atoms with Gasteiger partial charge in [-0.15, -0.1) is 0 Å². The van der Waals surface area contributed by atoms with Crippen LogP contribution in [0.15, 0.2) is 39.5 Å². The van der Waals surface area contributed by atoms with Crippen molar-refractivity contribution < 1.29 is 27.4 Å². The van der Waals surface area contributed by atoms with Gasteiger partial charge in [0.15, 0.2) is 0 Å². The normalized spacial score (nSPS) is 12.0. The Bertz CT molecular complexity index is 1190. The summed E-state index contributed by atoms with van der Waals surface area (Å²) in [6.07, 6.45) is -3.32. The van der Waals surface area contributed by atoms with E-state index in [0.29, 0.717) is 18.7 Å². The number of aromatic hydroxyl groups is 1. The first-order chi connectivity index (χ1) is 15.6. The molecular weight excluding hydrogens is 435 g/mol. The molecule has 0 fully saturated rings. The van der Waals surface area contributed by atoms with E-state index in [1.807, 2.05) is 18.7 Å². The Morgan fingerprint density at radius 1 is 1.06 bits per heavy atom. The molecule has 0 spiro atoms. The molecule has 1 heterocycles. The summed E-state index contributed by atoms with van der Waals surface area (Å²) in [4.78, 5) is 15.2. The van der Waals surface area contributed by atoms with Crippen LogP contribution in [-0.2, 0) is 12.7 Å². The highest BCUT2D eigenvalue weighted by Crippen LogP contribution is 2.40. The fourth-order valence-electron chi connectivity index (χ4n) is 3.77. The maximum absolute atomic E-state index is 14.0.